The van der Waals surface area contributed by atoms with Gasteiger partial charge in [0.15, 0.2) is 0 Å². The summed E-state index contributed by atoms with van der Waals surface area (Å²) < 4.78 is 0. The molecule has 0 aliphatic heterocycles. The highest BCUT2D eigenvalue weighted by molar-refractivity contribution is 5.85. The summed E-state index contributed by atoms with van der Waals surface area (Å²) in [5.74, 6) is 0. The van der Waals surface area contributed by atoms with E-state index >= 15 is 0 Å². The van der Waals surface area contributed by atoms with Gasteiger partial charge in [-0.05, 0) is 48.4 Å². The minimum absolute atomic E-state index is 1.22. The molecular formula is C23H32. The minimum atomic E-state index is 1.22. The van der Waals surface area contributed by atoms with Crippen LogP contribution in [0.1, 0.15) is 70.3 Å². The van der Waals surface area contributed by atoms with Crippen molar-refractivity contribution < 1.29 is 0 Å². The zero-order chi connectivity index (χ0) is 16.2. The number of rotatable bonds is 11. The lowest BCUT2D eigenvalue weighted by atomic mass is 9.99. The maximum atomic E-state index is 2.37. The molecule has 124 valence electrons. The molecule has 0 radical (unpaired) electrons. The average Bonchev–Trinajstić information content (AvgIpc) is 2.60. The highest BCUT2D eigenvalue weighted by Crippen LogP contribution is 2.20. The molecule has 2 aromatic rings. The lowest BCUT2D eigenvalue weighted by Gasteiger charge is -2.06. The maximum absolute atomic E-state index is 2.37. The Hall–Kier alpha value is -1.56. The highest BCUT2D eigenvalue weighted by atomic mass is 14.0. The van der Waals surface area contributed by atoms with Crippen LogP contribution in [0, 0.1) is 0 Å². The van der Waals surface area contributed by atoms with Crippen LogP contribution in [0.5, 0.6) is 0 Å². The summed E-state index contributed by atoms with van der Waals surface area (Å²) in [5, 5.41) is 2.81. The smallest absolute Gasteiger partial charge is 0.0152 e. The second-order valence-corrected chi connectivity index (χ2v) is 6.56. The fraction of sp³-hybridized carbons (Fsp3) is 0.478. The first-order valence-corrected chi connectivity index (χ1v) is 9.53. The van der Waals surface area contributed by atoms with Gasteiger partial charge in [-0.3, -0.25) is 0 Å². The fourth-order valence-corrected chi connectivity index (χ4v) is 3.20. The Morgan fingerprint density at radius 2 is 1.39 bits per heavy atom. The molecule has 2 rings (SSSR count). The van der Waals surface area contributed by atoms with Crippen molar-refractivity contribution in [3.63, 3.8) is 0 Å². The molecular weight excluding hydrogens is 276 g/mol. The normalized spacial score (nSPS) is 11.5. The topological polar surface area (TPSA) is 0 Å². The molecule has 0 atom stereocenters. The van der Waals surface area contributed by atoms with E-state index in [0.717, 1.165) is 0 Å². The van der Waals surface area contributed by atoms with Crippen LogP contribution < -0.4 is 0 Å². The molecule has 0 aromatic heterocycles. The SMILES string of the molecule is CCC/C=C/CCCCCCCCc1cccc2ccccc12. The molecule has 2 aromatic carbocycles. The first-order valence-electron chi connectivity index (χ1n) is 9.53. The summed E-state index contributed by atoms with van der Waals surface area (Å²) in [5.41, 5.74) is 1.52. The van der Waals surface area contributed by atoms with Crippen LogP contribution in [0.4, 0.5) is 0 Å². The van der Waals surface area contributed by atoms with E-state index in [9.17, 15) is 0 Å². The molecule has 0 saturated heterocycles. The molecule has 0 heteroatoms. The molecule has 0 aliphatic rings. The van der Waals surface area contributed by atoms with Crippen molar-refractivity contribution in [3.05, 3.63) is 60.2 Å². The van der Waals surface area contributed by atoms with Gasteiger partial charge in [-0.25, -0.2) is 0 Å². The van der Waals surface area contributed by atoms with Gasteiger partial charge in [0.2, 0.25) is 0 Å². The van der Waals surface area contributed by atoms with Crippen molar-refractivity contribution in [2.75, 3.05) is 0 Å². The Labute approximate surface area is 142 Å². The first-order chi connectivity index (χ1) is 11.4. The molecule has 0 unspecified atom stereocenters. The lowest BCUT2D eigenvalue weighted by molar-refractivity contribution is 0.597. The van der Waals surface area contributed by atoms with E-state index in [1.54, 1.807) is 0 Å². The lowest BCUT2D eigenvalue weighted by Crippen LogP contribution is -1.88. The number of allylic oxidation sites excluding steroid dienone is 2. The standard InChI is InChI=1S/C23H32/c1-2-3-4-5-6-7-8-9-10-11-12-16-21-18-15-19-22-17-13-14-20-23(21)22/h4-5,13-15,17-20H,2-3,6-12,16H2,1H3/b5-4+. The monoisotopic (exact) mass is 308 g/mol. The van der Waals surface area contributed by atoms with Crippen LogP contribution in [0.25, 0.3) is 10.8 Å². The van der Waals surface area contributed by atoms with E-state index < -0.39 is 0 Å². The molecule has 0 fully saturated rings. The predicted octanol–water partition coefficient (Wildman–Crippen LogP) is 7.47. The van der Waals surface area contributed by atoms with Gasteiger partial charge in [0.1, 0.15) is 0 Å². The van der Waals surface area contributed by atoms with Crippen LogP contribution in [0.15, 0.2) is 54.6 Å². The zero-order valence-corrected chi connectivity index (χ0v) is 14.8. The van der Waals surface area contributed by atoms with E-state index in [2.05, 4.69) is 61.5 Å². The van der Waals surface area contributed by atoms with E-state index in [1.807, 2.05) is 0 Å². The average molecular weight is 309 g/mol. The number of aryl methyl sites for hydroxylation is 1. The van der Waals surface area contributed by atoms with Crippen LogP contribution in [0.2, 0.25) is 0 Å². The van der Waals surface area contributed by atoms with Gasteiger partial charge in [0.05, 0.1) is 0 Å². The van der Waals surface area contributed by atoms with Gasteiger partial charge in [-0.2, -0.15) is 0 Å². The molecule has 0 amide bonds. The Balaban J connectivity index is 1.57. The van der Waals surface area contributed by atoms with Crippen molar-refractivity contribution in [1.29, 1.82) is 0 Å². The summed E-state index contributed by atoms with van der Waals surface area (Å²) in [7, 11) is 0. The van der Waals surface area contributed by atoms with Crippen molar-refractivity contribution in [2.45, 2.75) is 71.1 Å². The summed E-state index contributed by atoms with van der Waals surface area (Å²) in [6.45, 7) is 2.24. The summed E-state index contributed by atoms with van der Waals surface area (Å²) in [4.78, 5) is 0. The summed E-state index contributed by atoms with van der Waals surface area (Å²) in [6, 6.07) is 15.5. The van der Waals surface area contributed by atoms with Crippen molar-refractivity contribution >= 4 is 10.8 Å². The van der Waals surface area contributed by atoms with E-state index in [4.69, 9.17) is 0 Å². The van der Waals surface area contributed by atoms with Crippen molar-refractivity contribution in [3.8, 4) is 0 Å². The third kappa shape index (κ3) is 6.60. The highest BCUT2D eigenvalue weighted by Gasteiger charge is 2.00. The zero-order valence-electron chi connectivity index (χ0n) is 14.8. The predicted molar refractivity (Wildman–Crippen MR) is 104 cm³/mol. The van der Waals surface area contributed by atoms with Crippen LogP contribution in [-0.2, 0) is 6.42 Å². The molecule has 0 bridgehead atoms. The van der Waals surface area contributed by atoms with Gasteiger partial charge >= 0.3 is 0 Å². The minimum Gasteiger partial charge on any atom is -0.0885 e. The Kier molecular flexibility index (Phi) is 8.55. The Morgan fingerprint density at radius 3 is 2.26 bits per heavy atom. The fourth-order valence-electron chi connectivity index (χ4n) is 3.20. The molecule has 0 saturated carbocycles. The number of benzene rings is 2. The Bertz CT molecular complexity index is 574. The third-order valence-electron chi connectivity index (χ3n) is 4.57. The van der Waals surface area contributed by atoms with Gasteiger partial charge in [-0.15, -0.1) is 0 Å². The molecule has 0 heterocycles. The summed E-state index contributed by atoms with van der Waals surface area (Å²) >= 11 is 0. The van der Waals surface area contributed by atoms with Gasteiger partial charge in [-0.1, -0.05) is 93.6 Å². The largest absolute Gasteiger partial charge is 0.0885 e. The van der Waals surface area contributed by atoms with Gasteiger partial charge in [0.25, 0.3) is 0 Å². The first kappa shape index (κ1) is 17.8. The van der Waals surface area contributed by atoms with E-state index in [1.165, 1.54) is 80.5 Å². The maximum Gasteiger partial charge on any atom is -0.0152 e. The third-order valence-corrected chi connectivity index (χ3v) is 4.57. The number of hydrogen-bond acceptors (Lipinski definition) is 0. The number of hydrogen-bond donors (Lipinski definition) is 0. The quantitative estimate of drug-likeness (QED) is 0.298. The van der Waals surface area contributed by atoms with Crippen LogP contribution >= 0.6 is 0 Å². The Morgan fingerprint density at radius 1 is 0.696 bits per heavy atom. The second-order valence-electron chi connectivity index (χ2n) is 6.56. The summed E-state index contributed by atoms with van der Waals surface area (Å²) in [6.07, 6.45) is 18.0. The van der Waals surface area contributed by atoms with Crippen molar-refractivity contribution in [1.82, 2.24) is 0 Å². The molecule has 0 nitrogen and oxygen atoms in total. The van der Waals surface area contributed by atoms with Gasteiger partial charge in [0, 0.05) is 0 Å². The molecule has 23 heavy (non-hydrogen) atoms. The number of unbranched alkanes of at least 4 members (excludes halogenated alkanes) is 7. The van der Waals surface area contributed by atoms with Crippen molar-refractivity contribution in [2.24, 2.45) is 0 Å². The second kappa shape index (κ2) is 11.0. The van der Waals surface area contributed by atoms with Crippen LogP contribution in [0.3, 0.4) is 0 Å². The number of fused-ring (bicyclic) bond motifs is 1. The molecule has 0 aliphatic carbocycles. The van der Waals surface area contributed by atoms with E-state index in [0.29, 0.717) is 0 Å². The van der Waals surface area contributed by atoms with E-state index in [-0.39, 0.29) is 0 Å². The van der Waals surface area contributed by atoms with Gasteiger partial charge < -0.3 is 0 Å². The molecule has 0 spiro atoms. The van der Waals surface area contributed by atoms with Crippen LogP contribution in [-0.4, -0.2) is 0 Å². The molecule has 0 N–H and O–H groups in total.